The summed E-state index contributed by atoms with van der Waals surface area (Å²) in [6, 6.07) is 8.76. The second-order valence-corrected chi connectivity index (χ2v) is 5.80. The standard InChI is InChI=1S/C14H8BrCl2NO2/c1-19-8-5-10(15)13-12(6-8)18-14(20-13)9-4-7(16)2-3-11(9)17/h2-6H,1H3. The lowest BCUT2D eigenvalue weighted by atomic mass is 10.2. The second-order valence-electron chi connectivity index (χ2n) is 4.10. The van der Waals surface area contributed by atoms with Crippen LogP contribution in [0.15, 0.2) is 39.2 Å². The molecule has 0 amide bonds. The quantitative estimate of drug-likeness (QED) is 0.589. The molecule has 0 aliphatic heterocycles. The third kappa shape index (κ3) is 2.39. The summed E-state index contributed by atoms with van der Waals surface area (Å²) in [7, 11) is 1.60. The summed E-state index contributed by atoms with van der Waals surface area (Å²) >= 11 is 15.6. The summed E-state index contributed by atoms with van der Waals surface area (Å²) in [5.41, 5.74) is 1.97. The number of halogens is 3. The van der Waals surface area contributed by atoms with Crippen LogP contribution in [-0.4, -0.2) is 12.1 Å². The first kappa shape index (κ1) is 13.7. The Morgan fingerprint density at radius 1 is 1.20 bits per heavy atom. The van der Waals surface area contributed by atoms with Crippen molar-refractivity contribution >= 4 is 50.2 Å². The minimum Gasteiger partial charge on any atom is -0.497 e. The van der Waals surface area contributed by atoms with Crippen LogP contribution in [0.2, 0.25) is 10.0 Å². The van der Waals surface area contributed by atoms with Gasteiger partial charge in [-0.2, -0.15) is 0 Å². The van der Waals surface area contributed by atoms with Gasteiger partial charge in [0.25, 0.3) is 0 Å². The van der Waals surface area contributed by atoms with Gasteiger partial charge < -0.3 is 9.15 Å². The normalized spacial score (nSPS) is 11.0. The predicted octanol–water partition coefficient (Wildman–Crippen LogP) is 5.57. The van der Waals surface area contributed by atoms with Crippen LogP contribution in [0.25, 0.3) is 22.6 Å². The lowest BCUT2D eigenvalue weighted by Crippen LogP contribution is -1.82. The molecule has 0 radical (unpaired) electrons. The summed E-state index contributed by atoms with van der Waals surface area (Å²) in [6.45, 7) is 0. The predicted molar refractivity (Wildman–Crippen MR) is 83.7 cm³/mol. The van der Waals surface area contributed by atoms with E-state index in [9.17, 15) is 0 Å². The number of hydrogen-bond acceptors (Lipinski definition) is 3. The van der Waals surface area contributed by atoms with Crippen molar-refractivity contribution in [3.8, 4) is 17.2 Å². The monoisotopic (exact) mass is 371 g/mol. The largest absolute Gasteiger partial charge is 0.497 e. The first-order valence-corrected chi connectivity index (χ1v) is 7.23. The van der Waals surface area contributed by atoms with Crippen LogP contribution in [0.3, 0.4) is 0 Å². The Kier molecular flexibility index (Phi) is 3.63. The van der Waals surface area contributed by atoms with Gasteiger partial charge >= 0.3 is 0 Å². The Hall–Kier alpha value is -1.23. The highest BCUT2D eigenvalue weighted by atomic mass is 79.9. The summed E-state index contributed by atoms with van der Waals surface area (Å²) in [5, 5.41) is 1.10. The molecular formula is C14H8BrCl2NO2. The van der Waals surface area contributed by atoms with E-state index in [1.165, 1.54) is 0 Å². The number of aromatic nitrogens is 1. The fraction of sp³-hybridized carbons (Fsp3) is 0.0714. The number of nitrogens with zero attached hydrogens (tertiary/aromatic N) is 1. The molecule has 0 atom stereocenters. The lowest BCUT2D eigenvalue weighted by Gasteiger charge is -1.99. The third-order valence-electron chi connectivity index (χ3n) is 2.81. The first-order chi connectivity index (χ1) is 9.58. The Morgan fingerprint density at radius 3 is 2.75 bits per heavy atom. The minimum atomic E-state index is 0.418. The van der Waals surface area contributed by atoms with Gasteiger partial charge in [0.1, 0.15) is 11.3 Å². The van der Waals surface area contributed by atoms with E-state index in [1.807, 2.05) is 6.07 Å². The molecule has 102 valence electrons. The topological polar surface area (TPSA) is 35.3 Å². The number of oxazole rings is 1. The molecule has 3 rings (SSSR count). The molecule has 1 heterocycles. The Bertz CT molecular complexity index is 801. The lowest BCUT2D eigenvalue weighted by molar-refractivity contribution is 0.415. The van der Waals surface area contributed by atoms with Gasteiger partial charge in [-0.3, -0.25) is 0 Å². The SMILES string of the molecule is COc1cc(Br)c2oc(-c3cc(Cl)ccc3Cl)nc2c1. The van der Waals surface area contributed by atoms with E-state index in [2.05, 4.69) is 20.9 Å². The van der Waals surface area contributed by atoms with Gasteiger partial charge in [0.05, 0.1) is 22.2 Å². The number of rotatable bonds is 2. The van der Waals surface area contributed by atoms with Crippen LogP contribution in [0.5, 0.6) is 5.75 Å². The molecule has 0 bridgehead atoms. The van der Waals surface area contributed by atoms with Gasteiger partial charge in [0.2, 0.25) is 5.89 Å². The highest BCUT2D eigenvalue weighted by molar-refractivity contribution is 9.10. The molecule has 0 N–H and O–H groups in total. The number of ether oxygens (including phenoxy) is 1. The van der Waals surface area contributed by atoms with Crippen LogP contribution in [0, 0.1) is 0 Å². The van der Waals surface area contributed by atoms with Crippen molar-refractivity contribution in [2.24, 2.45) is 0 Å². The zero-order chi connectivity index (χ0) is 14.3. The molecule has 0 aliphatic rings. The Morgan fingerprint density at radius 2 is 2.00 bits per heavy atom. The number of fused-ring (bicyclic) bond motifs is 1. The molecule has 20 heavy (non-hydrogen) atoms. The molecule has 0 unspecified atom stereocenters. The van der Waals surface area contributed by atoms with Crippen molar-refractivity contribution in [3.05, 3.63) is 44.8 Å². The molecule has 0 saturated heterocycles. The number of benzene rings is 2. The highest BCUT2D eigenvalue weighted by Gasteiger charge is 2.15. The van der Waals surface area contributed by atoms with E-state index < -0.39 is 0 Å². The molecule has 2 aromatic carbocycles. The number of hydrogen-bond donors (Lipinski definition) is 0. The van der Waals surface area contributed by atoms with Crippen molar-refractivity contribution < 1.29 is 9.15 Å². The maximum absolute atomic E-state index is 6.16. The fourth-order valence-electron chi connectivity index (χ4n) is 1.86. The second kappa shape index (κ2) is 5.28. The van der Waals surface area contributed by atoms with Gasteiger partial charge in [0, 0.05) is 11.1 Å². The van der Waals surface area contributed by atoms with Gasteiger partial charge in [-0.15, -0.1) is 0 Å². The molecule has 1 aromatic heterocycles. The van der Waals surface area contributed by atoms with Gasteiger partial charge in [-0.1, -0.05) is 23.2 Å². The van der Waals surface area contributed by atoms with Crippen molar-refractivity contribution in [1.29, 1.82) is 0 Å². The average Bonchev–Trinajstić information content (AvgIpc) is 2.85. The summed E-state index contributed by atoms with van der Waals surface area (Å²) in [6.07, 6.45) is 0. The van der Waals surface area contributed by atoms with E-state index in [0.717, 1.165) is 4.47 Å². The van der Waals surface area contributed by atoms with E-state index in [-0.39, 0.29) is 0 Å². The van der Waals surface area contributed by atoms with Crippen LogP contribution in [0.1, 0.15) is 0 Å². The molecule has 0 aliphatic carbocycles. The van der Waals surface area contributed by atoms with Gasteiger partial charge in [-0.05, 0) is 40.2 Å². The molecule has 6 heteroatoms. The Labute approximate surface area is 133 Å². The summed E-state index contributed by atoms with van der Waals surface area (Å²) in [4.78, 5) is 4.43. The molecule has 3 nitrogen and oxygen atoms in total. The zero-order valence-corrected chi connectivity index (χ0v) is 13.4. The van der Waals surface area contributed by atoms with E-state index in [1.54, 1.807) is 31.4 Å². The van der Waals surface area contributed by atoms with Crippen LogP contribution >= 0.6 is 39.1 Å². The van der Waals surface area contributed by atoms with Crippen LogP contribution in [0.4, 0.5) is 0 Å². The Balaban J connectivity index is 2.22. The van der Waals surface area contributed by atoms with E-state index >= 15 is 0 Å². The van der Waals surface area contributed by atoms with E-state index in [4.69, 9.17) is 32.4 Å². The molecule has 0 fully saturated rings. The smallest absolute Gasteiger partial charge is 0.228 e. The van der Waals surface area contributed by atoms with Crippen LogP contribution < -0.4 is 4.74 Å². The van der Waals surface area contributed by atoms with E-state index in [0.29, 0.717) is 38.3 Å². The zero-order valence-electron chi connectivity index (χ0n) is 10.3. The fourth-order valence-corrected chi connectivity index (χ4v) is 2.74. The van der Waals surface area contributed by atoms with Gasteiger partial charge in [0.15, 0.2) is 5.58 Å². The first-order valence-electron chi connectivity index (χ1n) is 5.68. The van der Waals surface area contributed by atoms with Crippen molar-refractivity contribution in [2.45, 2.75) is 0 Å². The molecule has 3 aromatic rings. The summed E-state index contributed by atoms with van der Waals surface area (Å²) in [5.74, 6) is 1.11. The van der Waals surface area contributed by atoms with Crippen LogP contribution in [-0.2, 0) is 0 Å². The maximum Gasteiger partial charge on any atom is 0.228 e. The third-order valence-corrected chi connectivity index (χ3v) is 3.97. The van der Waals surface area contributed by atoms with Crippen molar-refractivity contribution in [1.82, 2.24) is 4.98 Å². The molecular weight excluding hydrogens is 365 g/mol. The van der Waals surface area contributed by atoms with Crippen molar-refractivity contribution in [3.63, 3.8) is 0 Å². The van der Waals surface area contributed by atoms with Gasteiger partial charge in [-0.25, -0.2) is 4.98 Å². The number of methoxy groups -OCH3 is 1. The van der Waals surface area contributed by atoms with Crippen molar-refractivity contribution in [2.75, 3.05) is 7.11 Å². The summed E-state index contributed by atoms with van der Waals surface area (Å²) < 4.78 is 11.7. The average molecular weight is 373 g/mol. The molecule has 0 spiro atoms. The highest BCUT2D eigenvalue weighted by Crippen LogP contribution is 2.36. The minimum absolute atomic E-state index is 0.418. The maximum atomic E-state index is 6.16. The molecule has 0 saturated carbocycles.